The van der Waals surface area contributed by atoms with Gasteiger partial charge in [-0.2, -0.15) is 15.5 Å². The second-order valence-electron chi connectivity index (χ2n) is 6.40. The summed E-state index contributed by atoms with van der Waals surface area (Å²) in [4.78, 5) is 22.6. The van der Waals surface area contributed by atoms with Crippen LogP contribution >= 0.6 is 0 Å². The molecule has 0 spiro atoms. The van der Waals surface area contributed by atoms with Crippen LogP contribution in [0.3, 0.4) is 0 Å². The molecule has 0 atom stereocenters. The highest BCUT2D eigenvalue weighted by Crippen LogP contribution is 2.29. The smallest absolute Gasteiger partial charge is 0.268 e. The Kier molecular flexibility index (Phi) is 4.92. The SMILES string of the molecule is C=C(C#N)C(=O)N(CCn1nc(-c2cn[nH]c2)c2c(N)ncnc21)c1ccccc1. The maximum Gasteiger partial charge on any atom is 0.268 e. The number of anilines is 2. The fourth-order valence-electron chi connectivity index (χ4n) is 3.13. The van der Waals surface area contributed by atoms with E-state index in [1.807, 2.05) is 24.3 Å². The van der Waals surface area contributed by atoms with Crippen LogP contribution in [0.25, 0.3) is 22.3 Å². The van der Waals surface area contributed by atoms with Gasteiger partial charge in [-0.05, 0) is 12.1 Å². The van der Waals surface area contributed by atoms with Crippen molar-refractivity contribution in [1.29, 1.82) is 5.26 Å². The van der Waals surface area contributed by atoms with Gasteiger partial charge in [0.05, 0.1) is 18.1 Å². The number of nitriles is 1. The second kappa shape index (κ2) is 7.84. The van der Waals surface area contributed by atoms with E-state index < -0.39 is 5.91 Å². The molecule has 1 aromatic carbocycles. The molecule has 30 heavy (non-hydrogen) atoms. The molecule has 10 heteroatoms. The number of carbonyl (C=O) groups excluding carboxylic acids is 1. The van der Waals surface area contributed by atoms with Gasteiger partial charge in [0.2, 0.25) is 0 Å². The van der Waals surface area contributed by atoms with Crippen LogP contribution in [-0.2, 0) is 11.3 Å². The summed E-state index contributed by atoms with van der Waals surface area (Å²) in [5.41, 5.74) is 8.47. The number of aromatic amines is 1. The summed E-state index contributed by atoms with van der Waals surface area (Å²) in [5.74, 6) is -0.166. The Hall–Kier alpha value is -4.52. The Morgan fingerprint density at radius 1 is 1.30 bits per heavy atom. The van der Waals surface area contributed by atoms with Crippen molar-refractivity contribution in [2.75, 3.05) is 17.2 Å². The summed E-state index contributed by atoms with van der Waals surface area (Å²) in [7, 11) is 0. The highest BCUT2D eigenvalue weighted by Gasteiger charge is 2.21. The van der Waals surface area contributed by atoms with Gasteiger partial charge in [-0.25, -0.2) is 14.6 Å². The quantitative estimate of drug-likeness (QED) is 0.372. The van der Waals surface area contributed by atoms with Crippen LogP contribution in [0.4, 0.5) is 11.5 Å². The van der Waals surface area contributed by atoms with Crippen molar-refractivity contribution in [2.24, 2.45) is 0 Å². The Bertz CT molecular complexity index is 1250. The van der Waals surface area contributed by atoms with Crippen LogP contribution in [0.1, 0.15) is 0 Å². The topological polar surface area (TPSA) is 142 Å². The monoisotopic (exact) mass is 399 g/mol. The Morgan fingerprint density at radius 3 is 2.80 bits per heavy atom. The van der Waals surface area contributed by atoms with Crippen LogP contribution in [-0.4, -0.2) is 42.4 Å². The third-order valence-electron chi connectivity index (χ3n) is 4.57. The summed E-state index contributed by atoms with van der Waals surface area (Å²) in [6.45, 7) is 4.11. The number of nitrogens with one attached hydrogen (secondary N) is 1. The molecule has 10 nitrogen and oxygen atoms in total. The first-order valence-corrected chi connectivity index (χ1v) is 9.02. The van der Waals surface area contributed by atoms with E-state index in [9.17, 15) is 4.79 Å². The van der Waals surface area contributed by atoms with Crippen LogP contribution in [0.15, 0.2) is 61.2 Å². The number of para-hydroxylation sites is 1. The van der Waals surface area contributed by atoms with Gasteiger partial charge in [0.1, 0.15) is 29.5 Å². The number of nitrogens with zero attached hydrogens (tertiary/aromatic N) is 7. The number of fused-ring (bicyclic) bond motifs is 1. The van der Waals surface area contributed by atoms with Gasteiger partial charge in [0, 0.05) is 24.0 Å². The molecule has 0 unspecified atom stereocenters. The van der Waals surface area contributed by atoms with E-state index in [2.05, 4.69) is 31.8 Å². The lowest BCUT2D eigenvalue weighted by Gasteiger charge is -2.22. The Labute approximate surface area is 171 Å². The second-order valence-corrected chi connectivity index (χ2v) is 6.40. The van der Waals surface area contributed by atoms with Gasteiger partial charge in [0.25, 0.3) is 5.91 Å². The van der Waals surface area contributed by atoms with Crippen LogP contribution in [0.2, 0.25) is 0 Å². The normalized spacial score (nSPS) is 10.6. The molecule has 0 aliphatic heterocycles. The molecule has 4 rings (SSSR count). The summed E-state index contributed by atoms with van der Waals surface area (Å²) < 4.78 is 1.66. The first kappa shape index (κ1) is 18.8. The number of rotatable bonds is 6. The molecule has 3 N–H and O–H groups in total. The minimum atomic E-state index is -0.468. The molecule has 1 amide bonds. The molecule has 3 aromatic heterocycles. The maximum atomic E-state index is 12.7. The lowest BCUT2D eigenvalue weighted by Crippen LogP contribution is -2.34. The maximum absolute atomic E-state index is 12.7. The molecular formula is C20H17N9O. The van der Waals surface area contributed by atoms with E-state index in [0.29, 0.717) is 34.8 Å². The number of benzene rings is 1. The molecule has 0 saturated carbocycles. The van der Waals surface area contributed by atoms with Crippen molar-refractivity contribution in [3.05, 3.63) is 61.2 Å². The van der Waals surface area contributed by atoms with E-state index in [0.717, 1.165) is 5.56 Å². The molecule has 0 aliphatic rings. The molecule has 0 bridgehead atoms. The number of amides is 1. The predicted molar refractivity (Wildman–Crippen MR) is 111 cm³/mol. The number of aromatic nitrogens is 6. The van der Waals surface area contributed by atoms with Gasteiger partial charge >= 0.3 is 0 Å². The lowest BCUT2D eigenvalue weighted by molar-refractivity contribution is -0.114. The largest absolute Gasteiger partial charge is 0.383 e. The zero-order chi connectivity index (χ0) is 21.1. The van der Waals surface area contributed by atoms with E-state index in [1.54, 1.807) is 29.2 Å². The number of H-pyrrole nitrogens is 1. The third-order valence-corrected chi connectivity index (χ3v) is 4.57. The fourth-order valence-corrected chi connectivity index (χ4v) is 3.13. The molecule has 148 valence electrons. The standard InChI is InChI=1S/C20H17N9O/c1-13(9-21)20(30)28(15-5-3-2-4-6-15)7-8-29-19-16(18(22)23-12-24-19)17(27-29)14-10-25-26-11-14/h2-6,10-12H,1,7-8H2,(H,25,26)(H2,22,23,24). The summed E-state index contributed by atoms with van der Waals surface area (Å²) in [6, 6.07) is 10.9. The van der Waals surface area contributed by atoms with Crippen molar-refractivity contribution in [3.8, 4) is 17.3 Å². The number of hydrogen-bond donors (Lipinski definition) is 2. The van der Waals surface area contributed by atoms with Crippen LogP contribution in [0, 0.1) is 11.3 Å². The summed E-state index contributed by atoms with van der Waals surface area (Å²) in [6.07, 6.45) is 4.71. The number of nitrogens with two attached hydrogens (primary N) is 1. The highest BCUT2D eigenvalue weighted by atomic mass is 16.2. The molecule has 0 radical (unpaired) electrons. The summed E-state index contributed by atoms with van der Waals surface area (Å²) in [5, 5.41) is 21.1. The zero-order valence-electron chi connectivity index (χ0n) is 15.9. The molecule has 3 heterocycles. The minimum Gasteiger partial charge on any atom is -0.383 e. The van der Waals surface area contributed by atoms with Crippen molar-refractivity contribution >= 4 is 28.4 Å². The number of nitrogen functional groups attached to an aromatic ring is 1. The van der Waals surface area contributed by atoms with Crippen LogP contribution < -0.4 is 10.6 Å². The van der Waals surface area contributed by atoms with Gasteiger partial charge in [-0.1, -0.05) is 24.8 Å². The molecular weight excluding hydrogens is 382 g/mol. The van der Waals surface area contributed by atoms with E-state index >= 15 is 0 Å². The van der Waals surface area contributed by atoms with Crippen molar-refractivity contribution in [3.63, 3.8) is 0 Å². The number of carbonyl (C=O) groups is 1. The molecule has 0 aliphatic carbocycles. The van der Waals surface area contributed by atoms with Crippen LogP contribution in [0.5, 0.6) is 0 Å². The van der Waals surface area contributed by atoms with Crippen molar-refractivity contribution < 1.29 is 4.79 Å². The summed E-state index contributed by atoms with van der Waals surface area (Å²) >= 11 is 0. The van der Waals surface area contributed by atoms with Gasteiger partial charge in [-0.15, -0.1) is 0 Å². The van der Waals surface area contributed by atoms with Gasteiger partial charge < -0.3 is 10.6 Å². The lowest BCUT2D eigenvalue weighted by atomic mass is 10.2. The highest BCUT2D eigenvalue weighted by molar-refractivity contribution is 6.07. The average molecular weight is 399 g/mol. The van der Waals surface area contributed by atoms with E-state index in [4.69, 9.17) is 11.0 Å². The average Bonchev–Trinajstić information content (AvgIpc) is 3.43. The molecule has 4 aromatic rings. The van der Waals surface area contributed by atoms with Crippen molar-refractivity contribution in [1.82, 2.24) is 29.9 Å². The first-order chi connectivity index (χ1) is 14.6. The Balaban J connectivity index is 1.71. The minimum absolute atomic E-state index is 0.144. The third kappa shape index (κ3) is 3.35. The fraction of sp³-hybridized carbons (Fsp3) is 0.100. The molecule has 0 saturated heterocycles. The van der Waals surface area contributed by atoms with E-state index in [-0.39, 0.29) is 12.1 Å². The zero-order valence-corrected chi connectivity index (χ0v) is 15.9. The van der Waals surface area contributed by atoms with Gasteiger partial charge in [0.15, 0.2) is 5.65 Å². The van der Waals surface area contributed by atoms with Crippen molar-refractivity contribution in [2.45, 2.75) is 6.54 Å². The Morgan fingerprint density at radius 2 is 2.10 bits per heavy atom. The first-order valence-electron chi connectivity index (χ1n) is 9.02. The predicted octanol–water partition coefficient (Wildman–Crippen LogP) is 1.91. The van der Waals surface area contributed by atoms with Gasteiger partial charge in [-0.3, -0.25) is 9.89 Å². The number of hydrogen-bond acceptors (Lipinski definition) is 7. The molecule has 0 fully saturated rings. The van der Waals surface area contributed by atoms with E-state index in [1.165, 1.54) is 11.2 Å².